The minimum Gasteiger partial charge on any atom is -0.353 e. The molecule has 3 rings (SSSR count). The quantitative estimate of drug-likeness (QED) is 0.699. The van der Waals surface area contributed by atoms with Gasteiger partial charge in [-0.05, 0) is 74.7 Å². The molecule has 2 aromatic carbocycles. The molecular formula is C24H28ClN3O3. The molecule has 0 aliphatic carbocycles. The standard InChI is InChI=1S/C24H28ClN3O3/c1-3-16(2)26-22(29)18-12-14-28(15-13-18)24(31)19-6-10-21(11-7-19)27-23(30)17-4-8-20(25)9-5-17/h4-11,16,18H,3,12-15H2,1-2H3,(H,26,29)(H,27,30)/t16-/m1/s1. The van der Waals surface area contributed by atoms with Crippen molar-refractivity contribution in [3.63, 3.8) is 0 Å². The smallest absolute Gasteiger partial charge is 0.255 e. The summed E-state index contributed by atoms with van der Waals surface area (Å²) in [6.45, 7) is 5.16. The van der Waals surface area contributed by atoms with Crippen molar-refractivity contribution in [1.29, 1.82) is 0 Å². The van der Waals surface area contributed by atoms with Gasteiger partial charge in [0, 0.05) is 46.9 Å². The Morgan fingerprint density at radius 3 is 2.16 bits per heavy atom. The van der Waals surface area contributed by atoms with E-state index in [2.05, 4.69) is 10.6 Å². The lowest BCUT2D eigenvalue weighted by molar-refractivity contribution is -0.126. The zero-order chi connectivity index (χ0) is 22.4. The Morgan fingerprint density at radius 2 is 1.58 bits per heavy atom. The van der Waals surface area contributed by atoms with Crippen molar-refractivity contribution < 1.29 is 14.4 Å². The molecule has 0 saturated carbocycles. The number of halogens is 1. The van der Waals surface area contributed by atoms with E-state index in [-0.39, 0.29) is 29.7 Å². The lowest BCUT2D eigenvalue weighted by atomic mass is 9.95. The average Bonchev–Trinajstić information content (AvgIpc) is 2.79. The van der Waals surface area contributed by atoms with Crippen molar-refractivity contribution in [2.75, 3.05) is 18.4 Å². The first-order chi connectivity index (χ1) is 14.9. The summed E-state index contributed by atoms with van der Waals surface area (Å²) in [6, 6.07) is 13.7. The Hall–Kier alpha value is -2.86. The van der Waals surface area contributed by atoms with Gasteiger partial charge in [0.05, 0.1) is 0 Å². The van der Waals surface area contributed by atoms with Crippen LogP contribution < -0.4 is 10.6 Å². The predicted octanol–water partition coefficient (Wildman–Crippen LogP) is 4.36. The fourth-order valence-corrected chi connectivity index (χ4v) is 3.62. The van der Waals surface area contributed by atoms with Crippen LogP contribution in [0, 0.1) is 5.92 Å². The maximum atomic E-state index is 12.8. The van der Waals surface area contributed by atoms with E-state index in [1.165, 1.54) is 0 Å². The highest BCUT2D eigenvalue weighted by Crippen LogP contribution is 2.21. The average molecular weight is 442 g/mol. The Balaban J connectivity index is 1.53. The second kappa shape index (κ2) is 10.4. The van der Waals surface area contributed by atoms with E-state index in [0.717, 1.165) is 6.42 Å². The van der Waals surface area contributed by atoms with Gasteiger partial charge in [-0.1, -0.05) is 18.5 Å². The van der Waals surface area contributed by atoms with Gasteiger partial charge in [0.25, 0.3) is 11.8 Å². The molecule has 1 saturated heterocycles. The van der Waals surface area contributed by atoms with Crippen molar-refractivity contribution in [3.8, 4) is 0 Å². The number of carbonyl (C=O) groups excluding carboxylic acids is 3. The van der Waals surface area contributed by atoms with Crippen LogP contribution in [0.15, 0.2) is 48.5 Å². The van der Waals surface area contributed by atoms with Gasteiger partial charge < -0.3 is 15.5 Å². The third-order valence-corrected chi connectivity index (χ3v) is 5.90. The van der Waals surface area contributed by atoms with Crippen LogP contribution in [-0.2, 0) is 4.79 Å². The Kier molecular flexibility index (Phi) is 7.69. The number of rotatable bonds is 6. The molecule has 2 N–H and O–H groups in total. The van der Waals surface area contributed by atoms with E-state index in [1.54, 1.807) is 53.4 Å². The molecule has 0 bridgehead atoms. The normalized spacial score (nSPS) is 15.3. The van der Waals surface area contributed by atoms with Crippen LogP contribution in [-0.4, -0.2) is 41.8 Å². The monoisotopic (exact) mass is 441 g/mol. The number of amides is 3. The maximum Gasteiger partial charge on any atom is 0.255 e. The molecule has 1 atom stereocenters. The van der Waals surface area contributed by atoms with Gasteiger partial charge in [-0.25, -0.2) is 0 Å². The first kappa shape index (κ1) is 22.8. The zero-order valence-electron chi connectivity index (χ0n) is 17.9. The highest BCUT2D eigenvalue weighted by molar-refractivity contribution is 6.30. The summed E-state index contributed by atoms with van der Waals surface area (Å²) < 4.78 is 0. The number of hydrogen-bond donors (Lipinski definition) is 2. The SMILES string of the molecule is CC[C@@H](C)NC(=O)C1CCN(C(=O)c2ccc(NC(=O)c3ccc(Cl)cc3)cc2)CC1. The summed E-state index contributed by atoms with van der Waals surface area (Å²) in [6.07, 6.45) is 2.24. The number of carbonyl (C=O) groups is 3. The van der Waals surface area contributed by atoms with Crippen LogP contribution >= 0.6 is 11.6 Å². The molecule has 1 aliphatic rings. The van der Waals surface area contributed by atoms with E-state index in [0.29, 0.717) is 47.8 Å². The number of likely N-dealkylation sites (tertiary alicyclic amines) is 1. The Labute approximate surface area is 188 Å². The lowest BCUT2D eigenvalue weighted by Gasteiger charge is -2.32. The molecule has 1 fully saturated rings. The summed E-state index contributed by atoms with van der Waals surface area (Å²) in [4.78, 5) is 39.2. The van der Waals surface area contributed by atoms with Crippen LogP contribution in [0.25, 0.3) is 0 Å². The van der Waals surface area contributed by atoms with E-state index in [1.807, 2.05) is 13.8 Å². The molecule has 0 aromatic heterocycles. The van der Waals surface area contributed by atoms with Crippen LogP contribution in [0.1, 0.15) is 53.8 Å². The second-order valence-electron chi connectivity index (χ2n) is 7.92. The number of benzene rings is 2. The molecule has 0 spiro atoms. The van der Waals surface area contributed by atoms with E-state index >= 15 is 0 Å². The van der Waals surface area contributed by atoms with Crippen LogP contribution in [0.3, 0.4) is 0 Å². The first-order valence-electron chi connectivity index (χ1n) is 10.6. The topological polar surface area (TPSA) is 78.5 Å². The molecule has 1 heterocycles. The Morgan fingerprint density at radius 1 is 1.00 bits per heavy atom. The lowest BCUT2D eigenvalue weighted by Crippen LogP contribution is -2.44. The molecule has 6 nitrogen and oxygen atoms in total. The van der Waals surface area contributed by atoms with Gasteiger partial charge >= 0.3 is 0 Å². The first-order valence-corrected chi connectivity index (χ1v) is 11.0. The summed E-state index contributed by atoms with van der Waals surface area (Å²) in [5.74, 6) is -0.254. The van der Waals surface area contributed by atoms with Gasteiger partial charge in [0.2, 0.25) is 5.91 Å². The number of hydrogen-bond acceptors (Lipinski definition) is 3. The molecule has 1 aliphatic heterocycles. The maximum absolute atomic E-state index is 12.8. The fourth-order valence-electron chi connectivity index (χ4n) is 3.49. The molecule has 3 amide bonds. The minimum atomic E-state index is -0.242. The number of nitrogens with zero attached hydrogens (tertiary/aromatic N) is 1. The van der Waals surface area contributed by atoms with Gasteiger partial charge in [-0.15, -0.1) is 0 Å². The molecule has 0 radical (unpaired) electrons. The van der Waals surface area contributed by atoms with Gasteiger partial charge in [0.1, 0.15) is 0 Å². The van der Waals surface area contributed by atoms with Crippen LogP contribution in [0.2, 0.25) is 5.02 Å². The van der Waals surface area contributed by atoms with Gasteiger partial charge in [0.15, 0.2) is 0 Å². The van der Waals surface area contributed by atoms with Crippen molar-refractivity contribution in [3.05, 3.63) is 64.7 Å². The number of piperidine rings is 1. The molecule has 164 valence electrons. The molecule has 7 heteroatoms. The minimum absolute atomic E-state index is 0.0384. The van der Waals surface area contributed by atoms with Crippen LogP contribution in [0.4, 0.5) is 5.69 Å². The van der Waals surface area contributed by atoms with Crippen molar-refractivity contribution in [1.82, 2.24) is 10.2 Å². The van der Waals surface area contributed by atoms with Gasteiger partial charge in [-0.3, -0.25) is 14.4 Å². The van der Waals surface area contributed by atoms with E-state index in [4.69, 9.17) is 11.6 Å². The highest BCUT2D eigenvalue weighted by atomic mass is 35.5. The predicted molar refractivity (Wildman–Crippen MR) is 122 cm³/mol. The van der Waals surface area contributed by atoms with Crippen LogP contribution in [0.5, 0.6) is 0 Å². The molecule has 2 aromatic rings. The third-order valence-electron chi connectivity index (χ3n) is 5.65. The Bertz CT molecular complexity index is 920. The van der Waals surface area contributed by atoms with Gasteiger partial charge in [-0.2, -0.15) is 0 Å². The summed E-state index contributed by atoms with van der Waals surface area (Å²) in [5, 5.41) is 6.41. The van der Waals surface area contributed by atoms with E-state index in [9.17, 15) is 14.4 Å². The molecular weight excluding hydrogens is 414 g/mol. The molecule has 0 unspecified atom stereocenters. The molecule has 31 heavy (non-hydrogen) atoms. The van der Waals surface area contributed by atoms with E-state index < -0.39 is 0 Å². The number of anilines is 1. The highest BCUT2D eigenvalue weighted by Gasteiger charge is 2.28. The largest absolute Gasteiger partial charge is 0.353 e. The number of nitrogens with one attached hydrogen (secondary N) is 2. The summed E-state index contributed by atoms with van der Waals surface area (Å²) in [7, 11) is 0. The zero-order valence-corrected chi connectivity index (χ0v) is 18.6. The second-order valence-corrected chi connectivity index (χ2v) is 8.36. The van der Waals surface area contributed by atoms with Crippen molar-refractivity contribution in [2.24, 2.45) is 5.92 Å². The summed E-state index contributed by atoms with van der Waals surface area (Å²) in [5.41, 5.74) is 1.67. The third kappa shape index (κ3) is 6.07. The fraction of sp³-hybridized carbons (Fsp3) is 0.375. The van der Waals surface area contributed by atoms with Crippen molar-refractivity contribution in [2.45, 2.75) is 39.2 Å². The summed E-state index contributed by atoms with van der Waals surface area (Å²) >= 11 is 5.85. The van der Waals surface area contributed by atoms with Crippen molar-refractivity contribution >= 4 is 35.0 Å².